The molecule has 1 N–H and O–H groups in total. The first-order chi connectivity index (χ1) is 11.5. The van der Waals surface area contributed by atoms with Crippen molar-refractivity contribution in [1.29, 1.82) is 0 Å². The summed E-state index contributed by atoms with van der Waals surface area (Å²) >= 11 is 2.89. The molecule has 0 unspecified atom stereocenters. The van der Waals surface area contributed by atoms with Crippen LogP contribution < -0.4 is 10.9 Å². The van der Waals surface area contributed by atoms with Gasteiger partial charge in [-0.25, -0.2) is 4.98 Å². The van der Waals surface area contributed by atoms with Gasteiger partial charge in [-0.3, -0.25) is 19.5 Å². The number of carbonyl (C=O) groups excluding carboxylic acids is 1. The maximum absolute atomic E-state index is 12.6. The second-order valence-electron chi connectivity index (χ2n) is 5.91. The van der Waals surface area contributed by atoms with Gasteiger partial charge in [0.1, 0.15) is 16.4 Å². The minimum absolute atomic E-state index is 0.0888. The van der Waals surface area contributed by atoms with Crippen molar-refractivity contribution in [3.63, 3.8) is 0 Å². The zero-order chi connectivity index (χ0) is 16.8. The van der Waals surface area contributed by atoms with Gasteiger partial charge in [0.05, 0.1) is 11.7 Å². The SMILES string of the molecule is Cc1sc2ncn(CC(=O)Nc3nnc(C4CC4)s3)c(=O)c2c1C. The lowest BCUT2D eigenvalue weighted by atomic mass is 10.2. The highest BCUT2D eigenvalue weighted by atomic mass is 32.1. The van der Waals surface area contributed by atoms with Gasteiger partial charge in [0.2, 0.25) is 11.0 Å². The second-order valence-corrected chi connectivity index (χ2v) is 8.12. The number of anilines is 1. The van der Waals surface area contributed by atoms with Gasteiger partial charge in [0.25, 0.3) is 5.56 Å². The van der Waals surface area contributed by atoms with Crippen LogP contribution in [-0.4, -0.2) is 25.7 Å². The van der Waals surface area contributed by atoms with Crippen molar-refractivity contribution in [3.05, 3.63) is 32.1 Å². The van der Waals surface area contributed by atoms with Gasteiger partial charge < -0.3 is 0 Å². The van der Waals surface area contributed by atoms with Gasteiger partial charge in [-0.15, -0.1) is 21.5 Å². The molecule has 0 aliphatic heterocycles. The average molecular weight is 361 g/mol. The molecule has 4 rings (SSSR count). The van der Waals surface area contributed by atoms with E-state index in [1.54, 1.807) is 0 Å². The minimum atomic E-state index is -0.304. The van der Waals surface area contributed by atoms with E-state index in [1.165, 1.54) is 33.6 Å². The molecule has 0 bridgehead atoms. The fourth-order valence-electron chi connectivity index (χ4n) is 2.48. The van der Waals surface area contributed by atoms with Crippen LogP contribution in [0.5, 0.6) is 0 Å². The first kappa shape index (κ1) is 15.4. The molecule has 24 heavy (non-hydrogen) atoms. The quantitative estimate of drug-likeness (QED) is 0.771. The van der Waals surface area contributed by atoms with Gasteiger partial charge in [0.15, 0.2) is 0 Å². The number of hydrogen-bond acceptors (Lipinski definition) is 7. The molecule has 3 aromatic rings. The van der Waals surface area contributed by atoms with E-state index in [0.29, 0.717) is 21.3 Å². The van der Waals surface area contributed by atoms with Crippen LogP contribution in [0.1, 0.15) is 34.2 Å². The molecule has 7 nitrogen and oxygen atoms in total. The summed E-state index contributed by atoms with van der Waals surface area (Å²) in [5, 5.41) is 12.8. The number of fused-ring (bicyclic) bond motifs is 1. The Morgan fingerprint density at radius 3 is 2.88 bits per heavy atom. The molecule has 1 saturated carbocycles. The smallest absolute Gasteiger partial charge is 0.262 e. The molecule has 3 heterocycles. The van der Waals surface area contributed by atoms with Crippen LogP contribution in [-0.2, 0) is 11.3 Å². The van der Waals surface area contributed by atoms with Crippen molar-refractivity contribution in [3.8, 4) is 0 Å². The molecule has 1 fully saturated rings. The summed E-state index contributed by atoms with van der Waals surface area (Å²) in [4.78, 5) is 30.9. The Labute approximate surface area is 145 Å². The Morgan fingerprint density at radius 2 is 2.12 bits per heavy atom. The van der Waals surface area contributed by atoms with Gasteiger partial charge in [-0.1, -0.05) is 11.3 Å². The first-order valence-electron chi connectivity index (χ1n) is 7.61. The molecule has 0 aromatic carbocycles. The third kappa shape index (κ3) is 2.73. The normalized spacial score (nSPS) is 14.2. The Kier molecular flexibility index (Phi) is 3.69. The molecular formula is C15H15N5O2S2. The minimum Gasteiger partial charge on any atom is -0.299 e. The summed E-state index contributed by atoms with van der Waals surface area (Å²) in [6, 6.07) is 0. The highest BCUT2D eigenvalue weighted by Crippen LogP contribution is 2.42. The molecule has 1 aliphatic carbocycles. The van der Waals surface area contributed by atoms with Crippen molar-refractivity contribution < 1.29 is 4.79 Å². The number of aryl methyl sites for hydroxylation is 2. The third-order valence-electron chi connectivity index (χ3n) is 4.08. The van der Waals surface area contributed by atoms with E-state index >= 15 is 0 Å². The van der Waals surface area contributed by atoms with Crippen LogP contribution in [0.15, 0.2) is 11.1 Å². The number of thiophene rings is 1. The molecular weight excluding hydrogens is 346 g/mol. The molecule has 124 valence electrons. The van der Waals surface area contributed by atoms with Gasteiger partial charge in [-0.05, 0) is 32.3 Å². The van der Waals surface area contributed by atoms with E-state index in [9.17, 15) is 9.59 Å². The summed E-state index contributed by atoms with van der Waals surface area (Å²) < 4.78 is 1.33. The van der Waals surface area contributed by atoms with E-state index in [0.717, 1.165) is 28.3 Å². The lowest BCUT2D eigenvalue weighted by Gasteiger charge is -2.05. The number of aromatic nitrogens is 4. The lowest BCUT2D eigenvalue weighted by molar-refractivity contribution is -0.116. The molecule has 0 spiro atoms. The molecule has 1 aliphatic rings. The van der Waals surface area contributed by atoms with Crippen molar-refractivity contribution >= 4 is 43.9 Å². The average Bonchev–Trinajstić information content (AvgIpc) is 3.22. The number of hydrogen-bond donors (Lipinski definition) is 1. The van der Waals surface area contributed by atoms with Crippen LogP contribution in [0, 0.1) is 13.8 Å². The molecule has 1 amide bonds. The topological polar surface area (TPSA) is 89.8 Å². The third-order valence-corrected chi connectivity index (χ3v) is 6.20. The number of nitrogens with one attached hydrogen (secondary N) is 1. The van der Waals surface area contributed by atoms with Crippen molar-refractivity contribution in [2.75, 3.05) is 5.32 Å². The van der Waals surface area contributed by atoms with E-state index in [1.807, 2.05) is 13.8 Å². The van der Waals surface area contributed by atoms with E-state index in [2.05, 4.69) is 20.5 Å². The number of carbonyl (C=O) groups is 1. The zero-order valence-corrected chi connectivity index (χ0v) is 14.8. The fraction of sp³-hybridized carbons (Fsp3) is 0.400. The fourth-order valence-corrected chi connectivity index (χ4v) is 4.39. The molecule has 3 aromatic heterocycles. The largest absolute Gasteiger partial charge is 0.299 e. The molecule has 0 atom stereocenters. The van der Waals surface area contributed by atoms with Crippen LogP contribution in [0.3, 0.4) is 0 Å². The highest BCUT2D eigenvalue weighted by Gasteiger charge is 2.27. The van der Waals surface area contributed by atoms with Crippen LogP contribution in [0.4, 0.5) is 5.13 Å². The first-order valence-corrected chi connectivity index (χ1v) is 9.24. The number of rotatable bonds is 4. The highest BCUT2D eigenvalue weighted by molar-refractivity contribution is 7.18. The van der Waals surface area contributed by atoms with Crippen molar-refractivity contribution in [2.45, 2.75) is 39.2 Å². The van der Waals surface area contributed by atoms with E-state index < -0.39 is 0 Å². The molecule has 9 heteroatoms. The summed E-state index contributed by atoms with van der Waals surface area (Å²) in [6.07, 6.45) is 3.71. The van der Waals surface area contributed by atoms with E-state index in [4.69, 9.17) is 0 Å². The van der Waals surface area contributed by atoms with Crippen molar-refractivity contribution in [1.82, 2.24) is 19.7 Å². The molecule has 0 saturated heterocycles. The Balaban J connectivity index is 1.54. The standard InChI is InChI=1S/C15H15N5O2S2/c1-7-8(2)23-13-11(7)14(22)20(6-16-13)5-10(21)17-15-19-18-12(24-15)9-3-4-9/h6,9H,3-5H2,1-2H3,(H,17,19,21). The summed E-state index contributed by atoms with van der Waals surface area (Å²) in [7, 11) is 0. The van der Waals surface area contributed by atoms with Gasteiger partial charge >= 0.3 is 0 Å². The Bertz CT molecular complexity index is 999. The summed E-state index contributed by atoms with van der Waals surface area (Å²) in [5.41, 5.74) is 0.744. The maximum Gasteiger partial charge on any atom is 0.262 e. The van der Waals surface area contributed by atoms with Crippen LogP contribution >= 0.6 is 22.7 Å². The number of amides is 1. The van der Waals surface area contributed by atoms with E-state index in [-0.39, 0.29) is 18.0 Å². The monoisotopic (exact) mass is 361 g/mol. The van der Waals surface area contributed by atoms with Gasteiger partial charge in [0, 0.05) is 10.8 Å². The summed E-state index contributed by atoms with van der Waals surface area (Å²) in [5.74, 6) is 0.202. The molecule has 0 radical (unpaired) electrons. The second kappa shape index (κ2) is 5.75. The predicted molar refractivity (Wildman–Crippen MR) is 93.9 cm³/mol. The van der Waals surface area contributed by atoms with Crippen LogP contribution in [0.25, 0.3) is 10.2 Å². The maximum atomic E-state index is 12.6. The van der Waals surface area contributed by atoms with Crippen molar-refractivity contribution in [2.24, 2.45) is 0 Å². The van der Waals surface area contributed by atoms with Crippen LogP contribution in [0.2, 0.25) is 0 Å². The summed E-state index contributed by atoms with van der Waals surface area (Å²) in [6.45, 7) is 3.78. The number of nitrogens with zero attached hydrogens (tertiary/aromatic N) is 4. The Morgan fingerprint density at radius 1 is 1.33 bits per heavy atom. The predicted octanol–water partition coefficient (Wildman–Crippen LogP) is 2.44. The lowest BCUT2D eigenvalue weighted by Crippen LogP contribution is -2.27. The Hall–Kier alpha value is -2.13. The zero-order valence-electron chi connectivity index (χ0n) is 13.2. The van der Waals surface area contributed by atoms with Gasteiger partial charge in [-0.2, -0.15) is 0 Å².